The van der Waals surface area contributed by atoms with Crippen molar-refractivity contribution in [3.8, 4) is 0 Å². The highest BCUT2D eigenvalue weighted by Gasteiger charge is 2.02. The zero-order valence-electron chi connectivity index (χ0n) is 7.93. The summed E-state index contributed by atoms with van der Waals surface area (Å²) in [4.78, 5) is 18.4. The number of aromatic nitrogens is 2. The Morgan fingerprint density at radius 2 is 2.36 bits per heavy atom. The molecule has 14 heavy (non-hydrogen) atoms. The fourth-order valence-electron chi connectivity index (χ4n) is 0.984. The zero-order chi connectivity index (χ0) is 10.4. The number of thioether (sulfide) groups is 1. The molecule has 5 heteroatoms. The second kappa shape index (κ2) is 5.59. The Bertz CT molecular complexity index is 317. The average Bonchev–Trinajstić information content (AvgIpc) is 2.16. The molecule has 1 aromatic heterocycles. The molecular weight excluding hydrogens is 200 g/mol. The molecule has 0 aromatic carbocycles. The smallest absolute Gasteiger partial charge is 0.313 e. The Labute approximate surface area is 86.8 Å². The van der Waals surface area contributed by atoms with Crippen molar-refractivity contribution in [2.45, 2.75) is 24.8 Å². The molecule has 0 unspecified atom stereocenters. The molecule has 0 aliphatic carbocycles. The van der Waals surface area contributed by atoms with Gasteiger partial charge < -0.3 is 5.11 Å². The van der Waals surface area contributed by atoms with E-state index < -0.39 is 5.97 Å². The lowest BCUT2D eigenvalue weighted by Gasteiger charge is -2.00. The lowest BCUT2D eigenvalue weighted by Crippen LogP contribution is -1.99. The van der Waals surface area contributed by atoms with Crippen LogP contribution < -0.4 is 0 Å². The second-order valence-electron chi connectivity index (χ2n) is 2.78. The van der Waals surface area contributed by atoms with Gasteiger partial charge in [0.1, 0.15) is 11.4 Å². The number of carboxylic acids is 1. The van der Waals surface area contributed by atoms with Crippen molar-refractivity contribution in [3.05, 3.63) is 18.1 Å². The molecule has 1 rings (SSSR count). The number of carboxylic acid groups (broad SMARTS) is 1. The van der Waals surface area contributed by atoms with Crippen molar-refractivity contribution >= 4 is 17.7 Å². The molecule has 0 amide bonds. The average molecular weight is 212 g/mol. The highest BCUT2D eigenvalue weighted by Crippen LogP contribution is 2.15. The summed E-state index contributed by atoms with van der Waals surface area (Å²) in [6, 6.07) is 1.84. The number of nitrogens with zero attached hydrogens (tertiary/aromatic N) is 2. The van der Waals surface area contributed by atoms with Crippen LogP contribution in [0.15, 0.2) is 17.4 Å². The molecule has 0 saturated heterocycles. The molecule has 0 atom stereocenters. The van der Waals surface area contributed by atoms with Crippen LogP contribution in [-0.2, 0) is 11.2 Å². The SMILES string of the molecule is CCCc1cc(SCC(=O)O)ncn1. The number of aryl methyl sites for hydroxylation is 1. The first-order valence-corrected chi connectivity index (χ1v) is 5.36. The van der Waals surface area contributed by atoms with Gasteiger partial charge in [-0.15, -0.1) is 0 Å². The third-order valence-corrected chi connectivity index (χ3v) is 2.46. The Morgan fingerprint density at radius 3 is 3.00 bits per heavy atom. The van der Waals surface area contributed by atoms with Crippen LogP contribution in [0, 0.1) is 0 Å². The van der Waals surface area contributed by atoms with E-state index in [1.807, 2.05) is 6.07 Å². The zero-order valence-corrected chi connectivity index (χ0v) is 8.75. The summed E-state index contributed by atoms with van der Waals surface area (Å²) >= 11 is 1.22. The van der Waals surface area contributed by atoms with E-state index in [9.17, 15) is 4.79 Å². The molecule has 0 aliphatic rings. The van der Waals surface area contributed by atoms with Gasteiger partial charge in [-0.1, -0.05) is 25.1 Å². The Balaban J connectivity index is 2.58. The van der Waals surface area contributed by atoms with E-state index in [0.29, 0.717) is 0 Å². The predicted molar refractivity (Wildman–Crippen MR) is 54.4 cm³/mol. The number of hydrogen-bond acceptors (Lipinski definition) is 4. The fraction of sp³-hybridized carbons (Fsp3) is 0.444. The van der Waals surface area contributed by atoms with Gasteiger partial charge in [0.15, 0.2) is 0 Å². The van der Waals surface area contributed by atoms with Crippen molar-refractivity contribution in [2.75, 3.05) is 5.75 Å². The predicted octanol–water partition coefficient (Wildman–Crippen LogP) is 1.61. The van der Waals surface area contributed by atoms with E-state index in [0.717, 1.165) is 23.6 Å². The molecule has 1 N–H and O–H groups in total. The van der Waals surface area contributed by atoms with Crippen molar-refractivity contribution in [3.63, 3.8) is 0 Å². The molecule has 76 valence electrons. The van der Waals surface area contributed by atoms with Crippen LogP contribution in [0.4, 0.5) is 0 Å². The summed E-state index contributed by atoms with van der Waals surface area (Å²) in [6.07, 6.45) is 3.42. The molecule has 1 heterocycles. The van der Waals surface area contributed by atoms with Gasteiger partial charge in [0.25, 0.3) is 0 Å². The van der Waals surface area contributed by atoms with E-state index in [1.165, 1.54) is 18.1 Å². The summed E-state index contributed by atoms with van der Waals surface area (Å²) in [5.74, 6) is -0.784. The number of aliphatic carboxylic acids is 1. The summed E-state index contributed by atoms with van der Waals surface area (Å²) < 4.78 is 0. The van der Waals surface area contributed by atoms with E-state index in [4.69, 9.17) is 5.11 Å². The molecule has 0 fully saturated rings. The van der Waals surface area contributed by atoms with Crippen LogP contribution in [0.3, 0.4) is 0 Å². The topological polar surface area (TPSA) is 63.1 Å². The molecule has 0 spiro atoms. The number of hydrogen-bond donors (Lipinski definition) is 1. The maximum Gasteiger partial charge on any atom is 0.313 e. The van der Waals surface area contributed by atoms with E-state index in [1.54, 1.807) is 0 Å². The van der Waals surface area contributed by atoms with Crippen LogP contribution in [-0.4, -0.2) is 26.8 Å². The molecule has 0 radical (unpaired) electrons. The lowest BCUT2D eigenvalue weighted by atomic mass is 10.2. The molecule has 1 aromatic rings. The highest BCUT2D eigenvalue weighted by molar-refractivity contribution is 7.99. The summed E-state index contributed by atoms with van der Waals surface area (Å²) in [6.45, 7) is 2.08. The lowest BCUT2D eigenvalue weighted by molar-refractivity contribution is -0.133. The van der Waals surface area contributed by atoms with Crippen LogP contribution in [0.25, 0.3) is 0 Å². The molecule has 0 saturated carbocycles. The van der Waals surface area contributed by atoms with Gasteiger partial charge in [-0.2, -0.15) is 0 Å². The molecule has 4 nitrogen and oxygen atoms in total. The third-order valence-electron chi connectivity index (χ3n) is 1.55. The standard InChI is InChI=1S/C9H12N2O2S/c1-2-3-7-4-8(11-6-10-7)14-5-9(12)13/h4,6H,2-3,5H2,1H3,(H,12,13). The first-order valence-electron chi connectivity index (χ1n) is 4.38. The Kier molecular flexibility index (Phi) is 4.39. The van der Waals surface area contributed by atoms with Crippen LogP contribution in [0.5, 0.6) is 0 Å². The minimum Gasteiger partial charge on any atom is -0.481 e. The second-order valence-corrected chi connectivity index (χ2v) is 3.78. The minimum absolute atomic E-state index is 0.0442. The Morgan fingerprint density at radius 1 is 1.57 bits per heavy atom. The number of carbonyl (C=O) groups is 1. The van der Waals surface area contributed by atoms with Gasteiger partial charge in [-0.25, -0.2) is 9.97 Å². The van der Waals surface area contributed by atoms with Crippen LogP contribution in [0.2, 0.25) is 0 Å². The van der Waals surface area contributed by atoms with Crippen molar-refractivity contribution in [2.24, 2.45) is 0 Å². The largest absolute Gasteiger partial charge is 0.481 e. The fourth-order valence-corrected chi connectivity index (χ4v) is 1.60. The first-order chi connectivity index (χ1) is 6.72. The number of rotatable bonds is 5. The van der Waals surface area contributed by atoms with Gasteiger partial charge in [-0.3, -0.25) is 4.79 Å². The van der Waals surface area contributed by atoms with Crippen LogP contribution >= 0.6 is 11.8 Å². The maximum atomic E-state index is 10.3. The summed E-state index contributed by atoms with van der Waals surface area (Å²) in [5, 5.41) is 9.21. The first kappa shape index (κ1) is 11.0. The van der Waals surface area contributed by atoms with Gasteiger partial charge in [0, 0.05) is 5.69 Å². The molecule has 0 bridgehead atoms. The van der Waals surface area contributed by atoms with E-state index >= 15 is 0 Å². The van der Waals surface area contributed by atoms with E-state index in [-0.39, 0.29) is 5.75 Å². The van der Waals surface area contributed by atoms with Crippen molar-refractivity contribution in [1.82, 2.24) is 9.97 Å². The highest BCUT2D eigenvalue weighted by atomic mass is 32.2. The Hall–Kier alpha value is -1.10. The monoisotopic (exact) mass is 212 g/mol. The van der Waals surface area contributed by atoms with Crippen molar-refractivity contribution < 1.29 is 9.90 Å². The van der Waals surface area contributed by atoms with Crippen LogP contribution in [0.1, 0.15) is 19.0 Å². The minimum atomic E-state index is -0.828. The van der Waals surface area contributed by atoms with Gasteiger partial charge in [-0.05, 0) is 12.5 Å². The van der Waals surface area contributed by atoms with Gasteiger partial charge in [0.2, 0.25) is 0 Å². The quantitative estimate of drug-likeness (QED) is 0.593. The summed E-state index contributed by atoms with van der Waals surface area (Å²) in [5.41, 5.74) is 0.968. The maximum absolute atomic E-state index is 10.3. The van der Waals surface area contributed by atoms with E-state index in [2.05, 4.69) is 16.9 Å². The van der Waals surface area contributed by atoms with Crippen molar-refractivity contribution in [1.29, 1.82) is 0 Å². The normalized spacial score (nSPS) is 10.1. The van der Waals surface area contributed by atoms with Gasteiger partial charge >= 0.3 is 5.97 Å². The molecule has 0 aliphatic heterocycles. The summed E-state index contributed by atoms with van der Waals surface area (Å²) in [7, 11) is 0. The molecular formula is C9H12N2O2S. The third kappa shape index (κ3) is 3.74. The van der Waals surface area contributed by atoms with Gasteiger partial charge in [0.05, 0.1) is 5.75 Å².